The minimum absolute atomic E-state index is 0.181. The van der Waals surface area contributed by atoms with Gasteiger partial charge in [0.05, 0.1) is 0 Å². The lowest BCUT2D eigenvalue weighted by atomic mass is 10.2. The summed E-state index contributed by atoms with van der Waals surface area (Å²) in [4.78, 5) is 22.1. The molecule has 0 amide bonds. The van der Waals surface area contributed by atoms with Crippen molar-refractivity contribution in [2.24, 2.45) is 0 Å². The monoisotopic (exact) mass is 186 g/mol. The fraction of sp³-hybridized carbons (Fsp3) is 0.143. The minimum Gasteiger partial charge on any atom is -0.289 e. The van der Waals surface area contributed by atoms with Crippen molar-refractivity contribution in [2.75, 3.05) is 0 Å². The molecule has 2 nitrogen and oxygen atoms in total. The van der Waals surface area contributed by atoms with Gasteiger partial charge in [-0.15, -0.1) is 11.3 Å². The maximum absolute atomic E-state index is 10.8. The summed E-state index contributed by atoms with van der Waals surface area (Å²) < 4.78 is 0. The summed E-state index contributed by atoms with van der Waals surface area (Å²) in [6.07, 6.45) is 0.181. The molecule has 1 rings (SSSR count). The van der Waals surface area contributed by atoms with Crippen LogP contribution in [-0.4, -0.2) is 10.9 Å². The zero-order valence-electron chi connectivity index (χ0n) is 5.61. The Kier molecular flexibility index (Phi) is 2.84. The Morgan fingerprint density at radius 2 is 2.27 bits per heavy atom. The van der Waals surface area contributed by atoms with Gasteiger partial charge in [-0.3, -0.25) is 9.59 Å². The van der Waals surface area contributed by atoms with E-state index in [4.69, 9.17) is 0 Å². The molecule has 0 spiro atoms. The van der Waals surface area contributed by atoms with Gasteiger partial charge in [0.1, 0.15) is 0 Å². The van der Waals surface area contributed by atoms with E-state index in [1.165, 1.54) is 11.3 Å². The van der Waals surface area contributed by atoms with E-state index in [1.54, 1.807) is 0 Å². The third-order valence-corrected chi connectivity index (χ3v) is 2.28. The summed E-state index contributed by atoms with van der Waals surface area (Å²) in [6.45, 7) is 0. The lowest BCUT2D eigenvalue weighted by Crippen LogP contribution is -2.09. The van der Waals surface area contributed by atoms with E-state index in [0.29, 0.717) is 0 Å². The number of carbonyl (C=O) groups is 2. The molecule has 4 heteroatoms. The second-order valence-electron chi connectivity index (χ2n) is 1.98. The van der Waals surface area contributed by atoms with Crippen LogP contribution < -0.4 is 0 Å². The van der Waals surface area contributed by atoms with E-state index in [9.17, 15) is 9.59 Å². The van der Waals surface area contributed by atoms with Crippen LogP contribution in [0.1, 0.15) is 4.88 Å². The highest BCUT2D eigenvalue weighted by atomic mass is 32.1. The average Bonchev–Trinajstić information content (AvgIpc) is 2.39. The van der Waals surface area contributed by atoms with Crippen molar-refractivity contribution < 1.29 is 9.59 Å². The van der Waals surface area contributed by atoms with Crippen LogP contribution in [0.4, 0.5) is 0 Å². The predicted octanol–water partition coefficient (Wildman–Crippen LogP) is 1.32. The molecule has 0 aromatic carbocycles. The SMILES string of the molecule is O=C(S)C(=O)Cc1cccs1. The van der Waals surface area contributed by atoms with E-state index in [2.05, 4.69) is 12.6 Å². The molecule has 0 radical (unpaired) electrons. The molecule has 0 atom stereocenters. The normalized spacial score (nSPS) is 9.55. The Morgan fingerprint density at radius 3 is 2.73 bits per heavy atom. The highest BCUT2D eigenvalue weighted by molar-refractivity contribution is 7.98. The fourth-order valence-corrected chi connectivity index (χ4v) is 1.43. The van der Waals surface area contributed by atoms with Crippen LogP contribution in [0.2, 0.25) is 0 Å². The molecule has 1 heterocycles. The van der Waals surface area contributed by atoms with Crippen molar-refractivity contribution in [3.05, 3.63) is 22.4 Å². The number of hydrogen-bond donors (Lipinski definition) is 1. The van der Waals surface area contributed by atoms with Gasteiger partial charge in [0.15, 0.2) is 0 Å². The van der Waals surface area contributed by atoms with E-state index >= 15 is 0 Å². The lowest BCUT2D eigenvalue weighted by Gasteiger charge is -1.89. The standard InChI is InChI=1S/C7H6O2S2/c8-6(7(9)10)4-5-2-1-3-11-5/h1-3H,4H2,(H,9,10). The third kappa shape index (κ3) is 2.48. The summed E-state index contributed by atoms with van der Waals surface area (Å²) in [5, 5.41) is 1.20. The molecule has 0 saturated carbocycles. The van der Waals surface area contributed by atoms with Crippen LogP contribution in [0.25, 0.3) is 0 Å². The van der Waals surface area contributed by atoms with Gasteiger partial charge in [-0.1, -0.05) is 18.7 Å². The van der Waals surface area contributed by atoms with E-state index in [-0.39, 0.29) is 6.42 Å². The van der Waals surface area contributed by atoms with Gasteiger partial charge in [0.25, 0.3) is 5.12 Å². The van der Waals surface area contributed by atoms with Crippen LogP contribution in [0.5, 0.6) is 0 Å². The number of hydrogen-bond acceptors (Lipinski definition) is 3. The molecule has 0 aliphatic rings. The molecule has 0 fully saturated rings. The number of Topliss-reactive ketones (excluding diaryl/α,β-unsaturated/α-hetero) is 1. The lowest BCUT2D eigenvalue weighted by molar-refractivity contribution is -0.131. The first-order chi connectivity index (χ1) is 5.20. The zero-order chi connectivity index (χ0) is 8.27. The minimum atomic E-state index is -0.668. The topological polar surface area (TPSA) is 34.1 Å². The highest BCUT2D eigenvalue weighted by Gasteiger charge is 2.09. The molecular weight excluding hydrogens is 180 g/mol. The predicted molar refractivity (Wildman–Crippen MR) is 47.0 cm³/mol. The maximum Gasteiger partial charge on any atom is 0.252 e. The molecule has 1 aromatic rings. The third-order valence-electron chi connectivity index (χ3n) is 1.15. The van der Waals surface area contributed by atoms with Crippen LogP contribution in [0.3, 0.4) is 0 Å². The van der Waals surface area contributed by atoms with Gasteiger partial charge in [-0.25, -0.2) is 0 Å². The number of thiol groups is 1. The van der Waals surface area contributed by atoms with Crippen molar-refractivity contribution in [1.29, 1.82) is 0 Å². The van der Waals surface area contributed by atoms with Gasteiger partial charge >= 0.3 is 0 Å². The summed E-state index contributed by atoms with van der Waals surface area (Å²) >= 11 is 4.88. The summed E-state index contributed by atoms with van der Waals surface area (Å²) in [5.74, 6) is -0.448. The Bertz CT molecular complexity index is 264. The van der Waals surface area contributed by atoms with Crippen LogP contribution in [0, 0.1) is 0 Å². The number of thiophene rings is 1. The van der Waals surface area contributed by atoms with Crippen LogP contribution in [0.15, 0.2) is 17.5 Å². The molecule has 58 valence electrons. The molecule has 0 N–H and O–H groups in total. The summed E-state index contributed by atoms with van der Waals surface area (Å²) in [5.41, 5.74) is 0. The van der Waals surface area contributed by atoms with Gasteiger partial charge < -0.3 is 0 Å². The van der Waals surface area contributed by atoms with Gasteiger partial charge in [0.2, 0.25) is 5.78 Å². The number of rotatable bonds is 3. The molecule has 0 aliphatic heterocycles. The summed E-state index contributed by atoms with van der Waals surface area (Å²) in [7, 11) is 0. The molecule has 0 aliphatic carbocycles. The van der Waals surface area contributed by atoms with Gasteiger partial charge in [0, 0.05) is 11.3 Å². The van der Waals surface area contributed by atoms with Crippen LogP contribution >= 0.6 is 24.0 Å². The largest absolute Gasteiger partial charge is 0.289 e. The van der Waals surface area contributed by atoms with Crippen LogP contribution in [-0.2, 0) is 16.0 Å². The number of carbonyl (C=O) groups excluding carboxylic acids is 2. The second-order valence-corrected chi connectivity index (χ2v) is 3.42. The second kappa shape index (κ2) is 3.69. The van der Waals surface area contributed by atoms with Crippen molar-refractivity contribution in [2.45, 2.75) is 6.42 Å². The molecule has 0 unspecified atom stereocenters. The maximum atomic E-state index is 10.8. The Morgan fingerprint density at radius 1 is 1.55 bits per heavy atom. The van der Waals surface area contributed by atoms with Crippen molar-refractivity contribution in [3.63, 3.8) is 0 Å². The van der Waals surface area contributed by atoms with Crippen molar-refractivity contribution in [1.82, 2.24) is 0 Å². The first-order valence-electron chi connectivity index (χ1n) is 2.98. The summed E-state index contributed by atoms with van der Waals surface area (Å²) in [6, 6.07) is 3.66. The van der Waals surface area contributed by atoms with Gasteiger partial charge in [-0.05, 0) is 11.4 Å². The van der Waals surface area contributed by atoms with E-state index in [0.717, 1.165) is 4.88 Å². The average molecular weight is 186 g/mol. The molecule has 0 bridgehead atoms. The van der Waals surface area contributed by atoms with Gasteiger partial charge in [-0.2, -0.15) is 0 Å². The Labute approximate surface area is 73.6 Å². The zero-order valence-corrected chi connectivity index (χ0v) is 7.32. The first kappa shape index (κ1) is 8.49. The Hall–Kier alpha value is -0.610. The first-order valence-corrected chi connectivity index (χ1v) is 4.31. The number of ketones is 1. The molecule has 1 aromatic heterocycles. The quantitative estimate of drug-likeness (QED) is 0.570. The van der Waals surface area contributed by atoms with E-state index in [1.807, 2.05) is 17.5 Å². The highest BCUT2D eigenvalue weighted by Crippen LogP contribution is 2.09. The molecule has 11 heavy (non-hydrogen) atoms. The Balaban J connectivity index is 2.57. The van der Waals surface area contributed by atoms with Crippen molar-refractivity contribution in [3.8, 4) is 0 Å². The van der Waals surface area contributed by atoms with Crippen molar-refractivity contribution >= 4 is 34.9 Å². The smallest absolute Gasteiger partial charge is 0.252 e. The fourth-order valence-electron chi connectivity index (χ4n) is 0.647. The van der Waals surface area contributed by atoms with E-state index < -0.39 is 10.9 Å². The molecular formula is C7H6O2S2. The molecule has 0 saturated heterocycles.